The molecule has 0 saturated heterocycles. The Kier molecular flexibility index (Phi) is 3.70. The number of aromatic amines is 1. The largest absolute Gasteiger partial charge is 0.344 e. The number of hydrogen-bond donors (Lipinski definition) is 1. The molecule has 17 heavy (non-hydrogen) atoms. The van der Waals surface area contributed by atoms with Crippen LogP contribution >= 0.6 is 0 Å². The standard InChI is InChI=1S/C14H16N2O/c1-2-3-4-11-5-7-12(8-6-11)13-9-15-14(17)16-10-13/h5-10H,2-4H2,1H3,(H,15,16,17). The van der Waals surface area contributed by atoms with Crippen molar-refractivity contribution in [2.75, 3.05) is 0 Å². The van der Waals surface area contributed by atoms with Crippen molar-refractivity contribution in [3.8, 4) is 11.1 Å². The van der Waals surface area contributed by atoms with Gasteiger partial charge in [0.25, 0.3) is 0 Å². The molecule has 88 valence electrons. The molecule has 0 aliphatic carbocycles. The lowest BCUT2D eigenvalue weighted by Gasteiger charge is -2.03. The smallest absolute Gasteiger partial charge is 0.312 e. The van der Waals surface area contributed by atoms with Gasteiger partial charge in [-0.25, -0.2) is 9.78 Å². The zero-order valence-electron chi connectivity index (χ0n) is 9.94. The van der Waals surface area contributed by atoms with E-state index in [4.69, 9.17) is 0 Å². The molecule has 1 heterocycles. The second-order valence-corrected chi connectivity index (χ2v) is 4.11. The van der Waals surface area contributed by atoms with Gasteiger partial charge in [-0.1, -0.05) is 37.6 Å². The number of hydrogen-bond acceptors (Lipinski definition) is 2. The van der Waals surface area contributed by atoms with Crippen LogP contribution in [0.1, 0.15) is 25.3 Å². The summed E-state index contributed by atoms with van der Waals surface area (Å²) in [5.41, 5.74) is 3.06. The number of H-pyrrole nitrogens is 1. The van der Waals surface area contributed by atoms with Gasteiger partial charge < -0.3 is 4.98 Å². The summed E-state index contributed by atoms with van der Waals surface area (Å²) in [5, 5.41) is 0. The third kappa shape index (κ3) is 3.03. The van der Waals surface area contributed by atoms with Gasteiger partial charge in [-0.15, -0.1) is 0 Å². The number of benzene rings is 1. The van der Waals surface area contributed by atoms with Crippen LogP contribution < -0.4 is 5.69 Å². The van der Waals surface area contributed by atoms with E-state index in [1.807, 2.05) is 0 Å². The van der Waals surface area contributed by atoms with Crippen LogP contribution in [-0.2, 0) is 6.42 Å². The van der Waals surface area contributed by atoms with Crippen LogP contribution in [0.4, 0.5) is 0 Å². The zero-order valence-corrected chi connectivity index (χ0v) is 9.94. The summed E-state index contributed by atoms with van der Waals surface area (Å²) in [6.45, 7) is 2.19. The van der Waals surface area contributed by atoms with E-state index in [2.05, 4.69) is 41.2 Å². The number of nitrogens with zero attached hydrogens (tertiary/aromatic N) is 1. The van der Waals surface area contributed by atoms with Crippen molar-refractivity contribution in [1.29, 1.82) is 0 Å². The Balaban J connectivity index is 2.17. The van der Waals surface area contributed by atoms with Gasteiger partial charge in [0, 0.05) is 18.0 Å². The minimum Gasteiger partial charge on any atom is -0.312 e. The zero-order chi connectivity index (χ0) is 12.1. The highest BCUT2D eigenvalue weighted by atomic mass is 16.1. The minimum absolute atomic E-state index is 0.312. The first kappa shape index (κ1) is 11.6. The molecule has 1 N–H and O–H groups in total. The molecule has 0 aliphatic rings. The van der Waals surface area contributed by atoms with Crippen LogP contribution in [0.5, 0.6) is 0 Å². The van der Waals surface area contributed by atoms with Gasteiger partial charge in [0.2, 0.25) is 0 Å². The molecule has 0 radical (unpaired) electrons. The van der Waals surface area contributed by atoms with Crippen LogP contribution in [0.2, 0.25) is 0 Å². The molecule has 0 bridgehead atoms. The van der Waals surface area contributed by atoms with Crippen LogP contribution in [0, 0.1) is 0 Å². The van der Waals surface area contributed by atoms with E-state index in [-0.39, 0.29) is 5.69 Å². The Bertz CT molecular complexity index is 508. The lowest BCUT2D eigenvalue weighted by Crippen LogP contribution is -2.07. The fourth-order valence-electron chi connectivity index (χ4n) is 1.74. The summed E-state index contributed by atoms with van der Waals surface area (Å²) in [7, 11) is 0. The van der Waals surface area contributed by atoms with Crippen molar-refractivity contribution in [3.05, 3.63) is 52.7 Å². The minimum atomic E-state index is -0.312. The van der Waals surface area contributed by atoms with E-state index in [0.29, 0.717) is 0 Å². The maximum atomic E-state index is 10.9. The van der Waals surface area contributed by atoms with E-state index in [1.165, 1.54) is 18.4 Å². The average Bonchev–Trinajstić information content (AvgIpc) is 2.38. The molecule has 0 fully saturated rings. The summed E-state index contributed by atoms with van der Waals surface area (Å²) in [6, 6.07) is 8.41. The Morgan fingerprint density at radius 1 is 1.18 bits per heavy atom. The molecule has 0 aliphatic heterocycles. The van der Waals surface area contributed by atoms with Crippen molar-refractivity contribution in [2.45, 2.75) is 26.2 Å². The van der Waals surface area contributed by atoms with Crippen molar-refractivity contribution in [1.82, 2.24) is 9.97 Å². The predicted octanol–water partition coefficient (Wildman–Crippen LogP) is 2.78. The summed E-state index contributed by atoms with van der Waals surface area (Å²) >= 11 is 0. The van der Waals surface area contributed by atoms with Crippen molar-refractivity contribution >= 4 is 0 Å². The molecule has 0 saturated carbocycles. The van der Waals surface area contributed by atoms with E-state index in [1.54, 1.807) is 12.4 Å². The first-order valence-corrected chi connectivity index (χ1v) is 5.93. The molecule has 2 rings (SSSR count). The third-order valence-corrected chi connectivity index (χ3v) is 2.78. The van der Waals surface area contributed by atoms with Crippen molar-refractivity contribution in [2.24, 2.45) is 0 Å². The van der Waals surface area contributed by atoms with Crippen LogP contribution in [0.25, 0.3) is 11.1 Å². The maximum absolute atomic E-state index is 10.9. The molecule has 2 aromatic rings. The van der Waals surface area contributed by atoms with Gasteiger partial charge in [-0.3, -0.25) is 0 Å². The van der Waals surface area contributed by atoms with Gasteiger partial charge >= 0.3 is 5.69 Å². The Morgan fingerprint density at radius 3 is 2.53 bits per heavy atom. The van der Waals surface area contributed by atoms with E-state index in [9.17, 15) is 4.79 Å². The second-order valence-electron chi connectivity index (χ2n) is 4.11. The number of unbranched alkanes of at least 4 members (excludes halogenated alkanes) is 1. The highest BCUT2D eigenvalue weighted by Crippen LogP contribution is 2.17. The monoisotopic (exact) mass is 228 g/mol. The first-order valence-electron chi connectivity index (χ1n) is 5.93. The lowest BCUT2D eigenvalue weighted by atomic mass is 10.0. The summed E-state index contributed by atoms with van der Waals surface area (Å²) in [5.74, 6) is 0. The molecular weight excluding hydrogens is 212 g/mol. The predicted molar refractivity (Wildman–Crippen MR) is 68.9 cm³/mol. The molecule has 1 aromatic carbocycles. The molecule has 0 amide bonds. The average molecular weight is 228 g/mol. The van der Waals surface area contributed by atoms with E-state index in [0.717, 1.165) is 17.5 Å². The number of aryl methyl sites for hydroxylation is 1. The number of nitrogens with one attached hydrogen (secondary N) is 1. The quantitative estimate of drug-likeness (QED) is 0.874. The Labute approximate surface area is 101 Å². The molecule has 3 nitrogen and oxygen atoms in total. The molecular formula is C14H16N2O. The number of rotatable bonds is 4. The maximum Gasteiger partial charge on any atom is 0.344 e. The summed E-state index contributed by atoms with van der Waals surface area (Å²) in [4.78, 5) is 17.2. The summed E-state index contributed by atoms with van der Waals surface area (Å²) < 4.78 is 0. The Morgan fingerprint density at radius 2 is 1.94 bits per heavy atom. The topological polar surface area (TPSA) is 45.8 Å². The van der Waals surface area contributed by atoms with E-state index < -0.39 is 0 Å². The van der Waals surface area contributed by atoms with Gasteiger partial charge in [0.15, 0.2) is 0 Å². The molecule has 3 heteroatoms. The fourth-order valence-corrected chi connectivity index (χ4v) is 1.74. The molecule has 1 aromatic heterocycles. The first-order chi connectivity index (χ1) is 8.29. The highest BCUT2D eigenvalue weighted by Gasteiger charge is 1.98. The third-order valence-electron chi connectivity index (χ3n) is 2.78. The molecule has 0 unspecified atom stereocenters. The molecule has 0 atom stereocenters. The Hall–Kier alpha value is -1.90. The van der Waals surface area contributed by atoms with Gasteiger partial charge in [0.05, 0.1) is 0 Å². The van der Waals surface area contributed by atoms with Crippen LogP contribution in [-0.4, -0.2) is 9.97 Å². The highest BCUT2D eigenvalue weighted by molar-refractivity contribution is 5.61. The van der Waals surface area contributed by atoms with Crippen molar-refractivity contribution < 1.29 is 0 Å². The lowest BCUT2D eigenvalue weighted by molar-refractivity contribution is 0.795. The van der Waals surface area contributed by atoms with E-state index >= 15 is 0 Å². The SMILES string of the molecule is CCCCc1ccc(-c2cnc(=O)[nH]c2)cc1. The van der Waals surface area contributed by atoms with Crippen molar-refractivity contribution in [3.63, 3.8) is 0 Å². The van der Waals surface area contributed by atoms with Crippen LogP contribution in [0.3, 0.4) is 0 Å². The number of aromatic nitrogens is 2. The summed E-state index contributed by atoms with van der Waals surface area (Å²) in [6.07, 6.45) is 6.85. The molecule has 0 spiro atoms. The normalized spacial score (nSPS) is 10.4. The van der Waals surface area contributed by atoms with Gasteiger partial charge in [-0.05, 0) is 24.0 Å². The van der Waals surface area contributed by atoms with Crippen LogP contribution in [0.15, 0.2) is 41.5 Å². The fraction of sp³-hybridized carbons (Fsp3) is 0.286. The van der Waals surface area contributed by atoms with Gasteiger partial charge in [0.1, 0.15) is 0 Å². The van der Waals surface area contributed by atoms with Gasteiger partial charge in [-0.2, -0.15) is 0 Å². The second kappa shape index (κ2) is 5.43.